The number of phenolic OH excluding ortho intramolecular Hbond substituents is 1. The molecule has 168 valence electrons. The lowest BCUT2D eigenvalue weighted by Gasteiger charge is -2.35. The number of phenols is 1. The van der Waals surface area contributed by atoms with Gasteiger partial charge in [-0.25, -0.2) is 0 Å². The highest BCUT2D eigenvalue weighted by Gasteiger charge is 2.28. The number of rotatable bonds is 5. The van der Waals surface area contributed by atoms with E-state index in [1.807, 2.05) is 18.2 Å². The zero-order valence-corrected chi connectivity index (χ0v) is 18.8. The lowest BCUT2D eigenvalue weighted by molar-refractivity contribution is 0.102. The number of carbonyl (C=O) groups is 2. The third-order valence-corrected chi connectivity index (χ3v) is 5.54. The Balaban J connectivity index is 1.55. The topological polar surface area (TPSA) is 87.7 Å². The summed E-state index contributed by atoms with van der Waals surface area (Å²) in [7, 11) is 1.62. The summed E-state index contributed by atoms with van der Waals surface area (Å²) in [5.41, 5.74) is 4.15. The molecule has 0 saturated carbocycles. The molecule has 1 aliphatic rings. The number of hydrogen-bond acceptors (Lipinski definition) is 5. The van der Waals surface area contributed by atoms with Gasteiger partial charge in [-0.1, -0.05) is 18.2 Å². The SMILES string of the molecule is COc1ccc2c(c1)/C(=C/C(=O)c1ccc(C(=O)Nc3ccc(O)cc3)cc1)NC(C)(C)C2. The molecular weight excluding hydrogens is 416 g/mol. The van der Waals surface area contributed by atoms with E-state index < -0.39 is 0 Å². The summed E-state index contributed by atoms with van der Waals surface area (Å²) in [4.78, 5) is 25.5. The van der Waals surface area contributed by atoms with Crippen LogP contribution in [0.25, 0.3) is 5.70 Å². The zero-order chi connectivity index (χ0) is 23.6. The largest absolute Gasteiger partial charge is 0.508 e. The molecule has 1 aliphatic heterocycles. The molecule has 0 saturated heterocycles. The first-order chi connectivity index (χ1) is 15.7. The monoisotopic (exact) mass is 442 g/mol. The first kappa shape index (κ1) is 22.1. The molecule has 0 radical (unpaired) electrons. The van der Waals surface area contributed by atoms with E-state index in [2.05, 4.69) is 24.5 Å². The number of fused-ring (bicyclic) bond motifs is 1. The maximum Gasteiger partial charge on any atom is 0.255 e. The fourth-order valence-electron chi connectivity index (χ4n) is 3.90. The third kappa shape index (κ3) is 5.06. The summed E-state index contributed by atoms with van der Waals surface area (Å²) in [5, 5.41) is 15.6. The minimum atomic E-state index is -0.297. The van der Waals surface area contributed by atoms with Gasteiger partial charge in [-0.05, 0) is 74.4 Å². The van der Waals surface area contributed by atoms with Gasteiger partial charge in [-0.2, -0.15) is 0 Å². The van der Waals surface area contributed by atoms with E-state index in [-0.39, 0.29) is 23.0 Å². The van der Waals surface area contributed by atoms with Crippen LogP contribution in [0.1, 0.15) is 45.7 Å². The van der Waals surface area contributed by atoms with Gasteiger partial charge < -0.3 is 20.5 Å². The summed E-state index contributed by atoms with van der Waals surface area (Å²) in [5.74, 6) is 0.406. The van der Waals surface area contributed by atoms with E-state index in [9.17, 15) is 14.7 Å². The second-order valence-electron chi connectivity index (χ2n) is 8.71. The molecule has 6 heteroatoms. The number of carbonyl (C=O) groups excluding carboxylic acids is 2. The molecule has 6 nitrogen and oxygen atoms in total. The maximum absolute atomic E-state index is 13.0. The van der Waals surface area contributed by atoms with Crippen molar-refractivity contribution in [3.05, 3.63) is 95.1 Å². The molecule has 1 heterocycles. The van der Waals surface area contributed by atoms with Crippen LogP contribution < -0.4 is 15.4 Å². The fourth-order valence-corrected chi connectivity index (χ4v) is 3.90. The lowest BCUT2D eigenvalue weighted by atomic mass is 9.85. The molecule has 4 rings (SSSR count). The molecule has 3 aromatic carbocycles. The summed E-state index contributed by atoms with van der Waals surface area (Å²) in [6.45, 7) is 4.19. The van der Waals surface area contributed by atoms with Gasteiger partial charge in [-0.3, -0.25) is 9.59 Å². The molecule has 0 unspecified atom stereocenters. The number of benzene rings is 3. The van der Waals surface area contributed by atoms with E-state index in [4.69, 9.17) is 4.74 Å². The average Bonchev–Trinajstić information content (AvgIpc) is 2.79. The first-order valence-electron chi connectivity index (χ1n) is 10.7. The van der Waals surface area contributed by atoms with Gasteiger partial charge in [-0.15, -0.1) is 0 Å². The van der Waals surface area contributed by atoms with Crippen LogP contribution in [0.4, 0.5) is 5.69 Å². The van der Waals surface area contributed by atoms with Gasteiger partial charge >= 0.3 is 0 Å². The number of ether oxygens (including phenoxy) is 1. The highest BCUT2D eigenvalue weighted by molar-refractivity contribution is 6.10. The molecule has 0 spiro atoms. The van der Waals surface area contributed by atoms with Crippen molar-refractivity contribution in [2.45, 2.75) is 25.8 Å². The normalized spacial score (nSPS) is 15.3. The molecule has 0 atom stereocenters. The quantitative estimate of drug-likeness (QED) is 0.300. The lowest BCUT2D eigenvalue weighted by Crippen LogP contribution is -2.43. The second-order valence-corrected chi connectivity index (χ2v) is 8.71. The Morgan fingerprint density at radius 1 is 1.00 bits per heavy atom. The standard InChI is InChI=1S/C27H26N2O4/c1-27(2)16-19-8-13-22(33-3)14-23(19)24(29-27)15-25(31)17-4-6-18(7-5-17)26(32)28-20-9-11-21(30)12-10-20/h4-15,29-30H,16H2,1-3H3,(H,28,32)/b24-15-. The van der Waals surface area contributed by atoms with Gasteiger partial charge in [0.15, 0.2) is 5.78 Å². The van der Waals surface area contributed by atoms with Crippen molar-refractivity contribution in [1.29, 1.82) is 0 Å². The second kappa shape index (κ2) is 8.82. The maximum atomic E-state index is 13.0. The van der Waals surface area contributed by atoms with E-state index in [1.165, 1.54) is 12.1 Å². The highest BCUT2D eigenvalue weighted by Crippen LogP contribution is 2.32. The highest BCUT2D eigenvalue weighted by atomic mass is 16.5. The zero-order valence-electron chi connectivity index (χ0n) is 18.8. The predicted molar refractivity (Wildman–Crippen MR) is 129 cm³/mol. The van der Waals surface area contributed by atoms with Crippen molar-refractivity contribution in [2.24, 2.45) is 0 Å². The van der Waals surface area contributed by atoms with E-state index in [0.29, 0.717) is 16.8 Å². The average molecular weight is 443 g/mol. The molecule has 3 aromatic rings. The number of amides is 1. The van der Waals surface area contributed by atoms with Gasteiger partial charge in [0.25, 0.3) is 5.91 Å². The van der Waals surface area contributed by atoms with Gasteiger partial charge in [0.05, 0.1) is 7.11 Å². The minimum absolute atomic E-state index is 0.127. The number of hydrogen-bond donors (Lipinski definition) is 3. The first-order valence-corrected chi connectivity index (χ1v) is 10.7. The molecule has 0 aliphatic carbocycles. The fraction of sp³-hybridized carbons (Fsp3) is 0.185. The molecular formula is C27H26N2O4. The summed E-state index contributed by atoms with van der Waals surface area (Å²) < 4.78 is 5.36. The summed E-state index contributed by atoms with van der Waals surface area (Å²) in [6.07, 6.45) is 2.44. The summed E-state index contributed by atoms with van der Waals surface area (Å²) in [6, 6.07) is 18.7. The van der Waals surface area contributed by atoms with Crippen molar-refractivity contribution in [1.82, 2.24) is 5.32 Å². The molecule has 0 bridgehead atoms. The van der Waals surface area contributed by atoms with Crippen LogP contribution >= 0.6 is 0 Å². The summed E-state index contributed by atoms with van der Waals surface area (Å²) >= 11 is 0. The number of aromatic hydroxyl groups is 1. The van der Waals surface area contributed by atoms with Crippen LogP contribution in [-0.2, 0) is 6.42 Å². The Morgan fingerprint density at radius 2 is 1.67 bits per heavy atom. The number of ketones is 1. The smallest absolute Gasteiger partial charge is 0.255 e. The van der Waals surface area contributed by atoms with E-state index >= 15 is 0 Å². The van der Waals surface area contributed by atoms with Gasteiger partial charge in [0.2, 0.25) is 0 Å². The van der Waals surface area contributed by atoms with Crippen LogP contribution in [0.2, 0.25) is 0 Å². The predicted octanol–water partition coefficient (Wildman–Crippen LogP) is 4.80. The Hall–Kier alpha value is -4.06. The number of allylic oxidation sites excluding steroid dienone is 1. The van der Waals surface area contributed by atoms with Gasteiger partial charge in [0.1, 0.15) is 11.5 Å². The van der Waals surface area contributed by atoms with Crippen LogP contribution in [0, 0.1) is 0 Å². The van der Waals surface area contributed by atoms with Crippen molar-refractivity contribution >= 4 is 23.1 Å². The Morgan fingerprint density at radius 3 is 2.33 bits per heavy atom. The van der Waals surface area contributed by atoms with Crippen LogP contribution in [0.15, 0.2) is 72.8 Å². The number of methoxy groups -OCH3 is 1. The van der Waals surface area contributed by atoms with Gasteiger partial charge in [0, 0.05) is 39.7 Å². The van der Waals surface area contributed by atoms with Crippen LogP contribution in [-0.4, -0.2) is 29.4 Å². The third-order valence-electron chi connectivity index (χ3n) is 5.54. The molecule has 1 amide bonds. The molecule has 0 fully saturated rings. The Labute approximate surface area is 192 Å². The van der Waals surface area contributed by atoms with E-state index in [0.717, 1.165) is 29.0 Å². The van der Waals surface area contributed by atoms with Crippen LogP contribution in [0.3, 0.4) is 0 Å². The number of anilines is 1. The molecule has 33 heavy (non-hydrogen) atoms. The molecule has 3 N–H and O–H groups in total. The minimum Gasteiger partial charge on any atom is -0.508 e. The van der Waals surface area contributed by atoms with Crippen molar-refractivity contribution < 1.29 is 19.4 Å². The van der Waals surface area contributed by atoms with Crippen LogP contribution in [0.5, 0.6) is 11.5 Å². The van der Waals surface area contributed by atoms with E-state index in [1.54, 1.807) is 49.6 Å². The Bertz CT molecular complexity index is 1230. The number of nitrogens with one attached hydrogen (secondary N) is 2. The van der Waals surface area contributed by atoms with Crippen molar-refractivity contribution in [3.8, 4) is 11.5 Å². The van der Waals surface area contributed by atoms with Crippen molar-refractivity contribution in [2.75, 3.05) is 12.4 Å². The Kier molecular flexibility index (Phi) is 5.92. The molecule has 0 aromatic heterocycles. The van der Waals surface area contributed by atoms with Crippen molar-refractivity contribution in [3.63, 3.8) is 0 Å².